The molecule has 1 N–H and O–H groups in total. The second kappa shape index (κ2) is 9.01. The van der Waals surface area contributed by atoms with E-state index in [9.17, 15) is 18.0 Å². The van der Waals surface area contributed by atoms with Crippen molar-refractivity contribution in [3.8, 4) is 0 Å². The van der Waals surface area contributed by atoms with Gasteiger partial charge in [0.2, 0.25) is 0 Å². The van der Waals surface area contributed by atoms with E-state index in [0.29, 0.717) is 0 Å². The van der Waals surface area contributed by atoms with Crippen LogP contribution in [0.4, 0.5) is 5.69 Å². The number of anilines is 1. The van der Waals surface area contributed by atoms with Crippen LogP contribution in [0.1, 0.15) is 34.6 Å². The molecule has 0 atom stereocenters. The zero-order valence-corrected chi connectivity index (χ0v) is 17.1. The van der Waals surface area contributed by atoms with Gasteiger partial charge < -0.3 is 9.47 Å². The molecule has 0 saturated carbocycles. The smallest absolute Gasteiger partial charge is 0.339 e. The molecule has 27 heavy (non-hydrogen) atoms. The summed E-state index contributed by atoms with van der Waals surface area (Å²) in [6.07, 6.45) is 0. The maximum absolute atomic E-state index is 12.5. The van der Waals surface area contributed by atoms with Gasteiger partial charge in [-0.2, -0.15) is 0 Å². The first kappa shape index (κ1) is 20.9. The number of sulfonamides is 1. The maximum Gasteiger partial charge on any atom is 0.339 e. The van der Waals surface area contributed by atoms with Gasteiger partial charge in [-0.25, -0.2) is 18.0 Å². The number of esters is 2. The Labute approximate surface area is 165 Å². The molecule has 0 saturated heterocycles. The van der Waals surface area contributed by atoms with Gasteiger partial charge in [-0.1, -0.05) is 15.9 Å². The van der Waals surface area contributed by atoms with E-state index in [2.05, 4.69) is 20.7 Å². The number of carbonyl (C=O) groups is 2. The van der Waals surface area contributed by atoms with Crippen LogP contribution in [0.3, 0.4) is 0 Å². The summed E-state index contributed by atoms with van der Waals surface area (Å²) in [4.78, 5) is 24.3. The van der Waals surface area contributed by atoms with E-state index in [1.165, 1.54) is 30.3 Å². The van der Waals surface area contributed by atoms with Crippen LogP contribution in [-0.4, -0.2) is 33.6 Å². The van der Waals surface area contributed by atoms with Gasteiger partial charge in [0, 0.05) is 10.2 Å². The zero-order valence-electron chi connectivity index (χ0n) is 14.7. The molecule has 0 aliphatic heterocycles. The molecule has 0 aliphatic rings. The lowest BCUT2D eigenvalue weighted by atomic mass is 10.1. The first-order valence-corrected chi connectivity index (χ1v) is 10.3. The highest BCUT2D eigenvalue weighted by Gasteiger charge is 2.21. The molecule has 7 nitrogen and oxygen atoms in total. The molecule has 0 unspecified atom stereocenters. The Morgan fingerprint density at radius 3 is 2.04 bits per heavy atom. The zero-order chi connectivity index (χ0) is 20.0. The summed E-state index contributed by atoms with van der Waals surface area (Å²) < 4.78 is 38.0. The molecule has 0 fully saturated rings. The summed E-state index contributed by atoms with van der Waals surface area (Å²) >= 11 is 3.24. The quantitative estimate of drug-likeness (QED) is 0.640. The van der Waals surface area contributed by atoms with E-state index < -0.39 is 22.0 Å². The van der Waals surface area contributed by atoms with Crippen molar-refractivity contribution in [2.75, 3.05) is 17.9 Å². The number of rotatable bonds is 7. The summed E-state index contributed by atoms with van der Waals surface area (Å²) in [5, 5.41) is 0. The highest BCUT2D eigenvalue weighted by molar-refractivity contribution is 9.10. The Hall–Kier alpha value is -2.39. The van der Waals surface area contributed by atoms with Crippen LogP contribution in [0.25, 0.3) is 0 Å². The van der Waals surface area contributed by atoms with Crippen molar-refractivity contribution in [1.29, 1.82) is 0 Å². The second-order valence-corrected chi connectivity index (χ2v) is 7.86. The molecular weight excluding hydrogens is 438 g/mol. The second-order valence-electron chi connectivity index (χ2n) is 5.26. The van der Waals surface area contributed by atoms with Crippen LogP contribution < -0.4 is 4.72 Å². The number of carbonyl (C=O) groups excluding carboxylic acids is 2. The lowest BCUT2D eigenvalue weighted by Gasteiger charge is -2.12. The Kier molecular flexibility index (Phi) is 6.98. The summed E-state index contributed by atoms with van der Waals surface area (Å²) in [5.41, 5.74) is 0.0437. The Morgan fingerprint density at radius 1 is 0.926 bits per heavy atom. The summed E-state index contributed by atoms with van der Waals surface area (Å²) in [6, 6.07) is 10.0. The van der Waals surface area contributed by atoms with E-state index >= 15 is 0 Å². The number of nitrogens with one attached hydrogen (secondary N) is 1. The highest BCUT2D eigenvalue weighted by atomic mass is 79.9. The molecule has 2 aromatic carbocycles. The minimum atomic E-state index is -3.87. The molecular formula is C18H18BrNO6S. The minimum absolute atomic E-state index is 0.00175. The van der Waals surface area contributed by atoms with Crippen LogP contribution in [-0.2, 0) is 19.5 Å². The summed E-state index contributed by atoms with van der Waals surface area (Å²) in [5.74, 6) is -1.44. The first-order valence-electron chi connectivity index (χ1n) is 8.05. The van der Waals surface area contributed by atoms with Gasteiger partial charge in [-0.15, -0.1) is 0 Å². The van der Waals surface area contributed by atoms with Crippen molar-refractivity contribution in [2.24, 2.45) is 0 Å². The van der Waals surface area contributed by atoms with Crippen molar-refractivity contribution >= 4 is 43.6 Å². The fourth-order valence-electron chi connectivity index (χ4n) is 2.20. The third kappa shape index (κ3) is 5.30. The minimum Gasteiger partial charge on any atom is -0.462 e. The summed E-state index contributed by atoms with van der Waals surface area (Å²) in [6.45, 7) is 3.51. The van der Waals surface area contributed by atoms with Gasteiger partial charge in [-0.3, -0.25) is 4.72 Å². The van der Waals surface area contributed by atoms with E-state index in [1.807, 2.05) is 0 Å². The molecule has 0 heterocycles. The molecule has 0 radical (unpaired) electrons. The SMILES string of the molecule is CCOC(=O)c1ccc(NS(=O)(=O)c2ccc(Br)cc2)cc1C(=O)OCC. The average molecular weight is 456 g/mol. The van der Waals surface area contributed by atoms with Gasteiger partial charge in [0.1, 0.15) is 0 Å². The van der Waals surface area contributed by atoms with Crippen LogP contribution >= 0.6 is 15.9 Å². The van der Waals surface area contributed by atoms with Crippen molar-refractivity contribution in [2.45, 2.75) is 18.7 Å². The van der Waals surface area contributed by atoms with E-state index in [-0.39, 0.29) is 34.9 Å². The standard InChI is InChI=1S/C18H18BrNO6S/c1-3-25-17(21)15-10-7-13(11-16(15)18(22)26-4-2)20-27(23,24)14-8-5-12(19)6-9-14/h5-11,20H,3-4H2,1-2H3. The van der Waals surface area contributed by atoms with Crippen LogP contribution in [0, 0.1) is 0 Å². The molecule has 144 valence electrons. The highest BCUT2D eigenvalue weighted by Crippen LogP contribution is 2.22. The maximum atomic E-state index is 12.5. The molecule has 0 amide bonds. The predicted octanol–water partition coefficient (Wildman–Crippen LogP) is 3.60. The number of benzene rings is 2. The molecule has 9 heteroatoms. The van der Waals surface area contributed by atoms with Crippen molar-refractivity contribution in [3.05, 3.63) is 58.1 Å². The Bertz CT molecular complexity index is 941. The fourth-order valence-corrected chi connectivity index (χ4v) is 3.51. The van der Waals surface area contributed by atoms with Gasteiger partial charge in [0.15, 0.2) is 0 Å². The molecule has 2 rings (SSSR count). The molecule has 0 spiro atoms. The number of ether oxygens (including phenoxy) is 2. The average Bonchev–Trinajstić information content (AvgIpc) is 2.62. The number of hydrogen-bond donors (Lipinski definition) is 1. The van der Waals surface area contributed by atoms with Gasteiger partial charge in [0.25, 0.3) is 10.0 Å². The van der Waals surface area contributed by atoms with E-state index in [0.717, 1.165) is 4.47 Å². The molecule has 2 aromatic rings. The number of hydrogen-bond acceptors (Lipinski definition) is 6. The largest absolute Gasteiger partial charge is 0.462 e. The summed E-state index contributed by atoms with van der Waals surface area (Å²) in [7, 11) is -3.87. The topological polar surface area (TPSA) is 98.8 Å². The lowest BCUT2D eigenvalue weighted by molar-refractivity contribution is 0.0479. The Balaban J connectivity index is 2.40. The van der Waals surface area contributed by atoms with Crippen LogP contribution in [0.5, 0.6) is 0 Å². The van der Waals surface area contributed by atoms with Crippen LogP contribution in [0.2, 0.25) is 0 Å². The van der Waals surface area contributed by atoms with Gasteiger partial charge in [0.05, 0.1) is 29.2 Å². The number of halogens is 1. The molecule has 0 bridgehead atoms. The monoisotopic (exact) mass is 455 g/mol. The predicted molar refractivity (Wildman–Crippen MR) is 103 cm³/mol. The first-order chi connectivity index (χ1) is 12.8. The molecule has 0 aliphatic carbocycles. The van der Waals surface area contributed by atoms with Crippen molar-refractivity contribution in [3.63, 3.8) is 0 Å². The van der Waals surface area contributed by atoms with Crippen molar-refractivity contribution in [1.82, 2.24) is 0 Å². The van der Waals surface area contributed by atoms with Gasteiger partial charge in [-0.05, 0) is 56.3 Å². The van der Waals surface area contributed by atoms with Gasteiger partial charge >= 0.3 is 11.9 Å². The fraction of sp³-hybridized carbons (Fsp3) is 0.222. The van der Waals surface area contributed by atoms with E-state index in [4.69, 9.17) is 9.47 Å². The Morgan fingerprint density at radius 2 is 1.48 bits per heavy atom. The normalized spacial score (nSPS) is 10.9. The van der Waals surface area contributed by atoms with E-state index in [1.54, 1.807) is 26.0 Å². The third-order valence-electron chi connectivity index (χ3n) is 3.39. The van der Waals surface area contributed by atoms with Crippen molar-refractivity contribution < 1.29 is 27.5 Å². The third-order valence-corrected chi connectivity index (χ3v) is 5.31. The van der Waals surface area contributed by atoms with Crippen LogP contribution in [0.15, 0.2) is 51.8 Å². The lowest BCUT2D eigenvalue weighted by Crippen LogP contribution is -2.17. The molecule has 0 aromatic heterocycles.